The number of aliphatic hydroxyl groups is 1. The van der Waals surface area contributed by atoms with E-state index in [1.807, 2.05) is 13.8 Å². The second kappa shape index (κ2) is 3.68. The molecule has 17 heavy (non-hydrogen) atoms. The van der Waals surface area contributed by atoms with Crippen LogP contribution in [0.15, 0.2) is 10.6 Å². The minimum absolute atomic E-state index is 0.446. The number of fused-ring (bicyclic) bond motifs is 1. The van der Waals surface area contributed by atoms with Gasteiger partial charge >= 0.3 is 6.01 Å². The van der Waals surface area contributed by atoms with Crippen LogP contribution in [0.3, 0.4) is 0 Å². The SMILES string of the molecule is Cc1cnc(-n2nc3c(c2C)C(O)CNC3)o1. The molecule has 6 nitrogen and oxygen atoms in total. The van der Waals surface area contributed by atoms with Crippen molar-refractivity contribution in [1.29, 1.82) is 0 Å². The van der Waals surface area contributed by atoms with Crippen LogP contribution in [0.5, 0.6) is 0 Å². The Morgan fingerprint density at radius 1 is 1.53 bits per heavy atom. The summed E-state index contributed by atoms with van der Waals surface area (Å²) in [6.07, 6.45) is 1.15. The first-order valence-corrected chi connectivity index (χ1v) is 5.57. The van der Waals surface area contributed by atoms with Gasteiger partial charge in [0.15, 0.2) is 0 Å². The van der Waals surface area contributed by atoms with E-state index in [1.54, 1.807) is 10.9 Å². The van der Waals surface area contributed by atoms with Crippen LogP contribution in [0.4, 0.5) is 0 Å². The van der Waals surface area contributed by atoms with Gasteiger partial charge in [-0.3, -0.25) is 0 Å². The van der Waals surface area contributed by atoms with Crippen molar-refractivity contribution < 1.29 is 9.52 Å². The molecule has 1 unspecified atom stereocenters. The zero-order valence-corrected chi connectivity index (χ0v) is 9.77. The Bertz CT molecular complexity index is 558. The minimum atomic E-state index is -0.511. The van der Waals surface area contributed by atoms with Gasteiger partial charge in [0.1, 0.15) is 5.76 Å². The largest absolute Gasteiger partial charge is 0.427 e. The van der Waals surface area contributed by atoms with Crippen LogP contribution >= 0.6 is 0 Å². The number of nitrogens with zero attached hydrogens (tertiary/aromatic N) is 3. The number of aryl methyl sites for hydroxylation is 1. The molecule has 0 aliphatic carbocycles. The van der Waals surface area contributed by atoms with Crippen LogP contribution in [0.25, 0.3) is 6.01 Å². The highest BCUT2D eigenvalue weighted by Crippen LogP contribution is 2.26. The third kappa shape index (κ3) is 1.57. The first-order chi connectivity index (χ1) is 8.16. The topological polar surface area (TPSA) is 76.1 Å². The highest BCUT2D eigenvalue weighted by molar-refractivity contribution is 5.33. The number of β-amino-alcohol motifs (C(OH)–C–C–N with tert-alkyl or cyclic N) is 1. The third-order valence-corrected chi connectivity index (χ3v) is 2.99. The monoisotopic (exact) mass is 234 g/mol. The smallest absolute Gasteiger partial charge is 0.323 e. The molecule has 0 fully saturated rings. The average Bonchev–Trinajstić information content (AvgIpc) is 2.84. The molecule has 3 rings (SSSR count). The van der Waals surface area contributed by atoms with Crippen LogP contribution in [0.2, 0.25) is 0 Å². The molecule has 3 heterocycles. The Hall–Kier alpha value is -1.66. The van der Waals surface area contributed by atoms with Gasteiger partial charge in [-0.05, 0) is 13.8 Å². The molecule has 0 spiro atoms. The number of oxazole rings is 1. The van der Waals surface area contributed by atoms with Gasteiger partial charge in [0, 0.05) is 18.7 Å². The fourth-order valence-corrected chi connectivity index (χ4v) is 2.19. The molecule has 0 saturated heterocycles. The van der Waals surface area contributed by atoms with Crippen molar-refractivity contribution in [3.63, 3.8) is 0 Å². The van der Waals surface area contributed by atoms with E-state index in [9.17, 15) is 5.11 Å². The molecule has 0 radical (unpaired) electrons. The summed E-state index contributed by atoms with van der Waals surface area (Å²) in [5, 5.41) is 17.5. The predicted molar refractivity (Wildman–Crippen MR) is 59.8 cm³/mol. The van der Waals surface area contributed by atoms with Crippen LogP contribution in [-0.2, 0) is 6.54 Å². The molecule has 1 aliphatic heterocycles. The lowest BCUT2D eigenvalue weighted by atomic mass is 10.0. The van der Waals surface area contributed by atoms with Gasteiger partial charge in [-0.2, -0.15) is 14.8 Å². The van der Waals surface area contributed by atoms with E-state index < -0.39 is 6.10 Å². The third-order valence-electron chi connectivity index (χ3n) is 2.99. The van der Waals surface area contributed by atoms with Crippen molar-refractivity contribution in [2.75, 3.05) is 6.54 Å². The molecule has 1 aliphatic rings. The van der Waals surface area contributed by atoms with Crippen LogP contribution in [-0.4, -0.2) is 26.4 Å². The summed E-state index contributed by atoms with van der Waals surface area (Å²) < 4.78 is 7.10. The maximum atomic E-state index is 9.94. The lowest BCUT2D eigenvalue weighted by Crippen LogP contribution is -2.27. The summed E-state index contributed by atoms with van der Waals surface area (Å²) in [5.74, 6) is 0.742. The lowest BCUT2D eigenvalue weighted by Gasteiger charge is -2.18. The first kappa shape index (κ1) is 10.5. The summed E-state index contributed by atoms with van der Waals surface area (Å²) >= 11 is 0. The zero-order valence-electron chi connectivity index (χ0n) is 9.77. The summed E-state index contributed by atoms with van der Waals surface area (Å²) in [7, 11) is 0. The van der Waals surface area contributed by atoms with Gasteiger partial charge in [-0.15, -0.1) is 0 Å². The molecule has 90 valence electrons. The quantitative estimate of drug-likeness (QED) is 0.756. The normalized spacial score (nSPS) is 19.4. The molecule has 1 atom stereocenters. The Morgan fingerprint density at radius 2 is 2.35 bits per heavy atom. The van der Waals surface area contributed by atoms with E-state index in [0.717, 1.165) is 22.7 Å². The van der Waals surface area contributed by atoms with Crippen molar-refractivity contribution in [3.05, 3.63) is 28.9 Å². The van der Waals surface area contributed by atoms with E-state index in [4.69, 9.17) is 4.42 Å². The van der Waals surface area contributed by atoms with Crippen LogP contribution in [0, 0.1) is 13.8 Å². The highest BCUT2D eigenvalue weighted by Gasteiger charge is 2.26. The average molecular weight is 234 g/mol. The Labute approximate surface area is 98.3 Å². The van der Waals surface area contributed by atoms with E-state index in [1.165, 1.54) is 0 Å². The second-order valence-corrected chi connectivity index (χ2v) is 4.26. The van der Waals surface area contributed by atoms with Crippen LogP contribution < -0.4 is 5.32 Å². The zero-order chi connectivity index (χ0) is 12.0. The van der Waals surface area contributed by atoms with Crippen molar-refractivity contribution in [2.45, 2.75) is 26.5 Å². The summed E-state index contributed by atoms with van der Waals surface area (Å²) in [5.41, 5.74) is 2.63. The maximum absolute atomic E-state index is 9.94. The number of rotatable bonds is 1. The van der Waals surface area contributed by atoms with Gasteiger partial charge < -0.3 is 14.8 Å². The molecular formula is C11H14N4O2. The molecule has 0 bridgehead atoms. The van der Waals surface area contributed by atoms with Gasteiger partial charge in [-0.25, -0.2) is 0 Å². The highest BCUT2D eigenvalue weighted by atomic mass is 16.4. The number of nitrogens with one attached hydrogen (secondary N) is 1. The van der Waals surface area contributed by atoms with Gasteiger partial charge in [0.2, 0.25) is 0 Å². The summed E-state index contributed by atoms with van der Waals surface area (Å²) in [4.78, 5) is 4.15. The molecule has 2 aromatic heterocycles. The standard InChI is InChI=1S/C11H14N4O2/c1-6-3-13-11(17-6)15-7(2)10-8(14-15)4-12-5-9(10)16/h3,9,12,16H,4-5H2,1-2H3. The summed E-state index contributed by atoms with van der Waals surface area (Å²) in [6, 6.07) is 0.446. The second-order valence-electron chi connectivity index (χ2n) is 4.26. The first-order valence-electron chi connectivity index (χ1n) is 5.57. The Kier molecular flexibility index (Phi) is 2.27. The minimum Gasteiger partial charge on any atom is -0.427 e. The fourth-order valence-electron chi connectivity index (χ4n) is 2.19. The molecule has 2 N–H and O–H groups in total. The molecule has 6 heteroatoms. The molecule has 0 aromatic carbocycles. The lowest BCUT2D eigenvalue weighted by molar-refractivity contribution is 0.164. The van der Waals surface area contributed by atoms with Gasteiger partial charge in [0.05, 0.1) is 23.7 Å². The molecule has 0 amide bonds. The van der Waals surface area contributed by atoms with Gasteiger partial charge in [0.25, 0.3) is 0 Å². The van der Waals surface area contributed by atoms with E-state index >= 15 is 0 Å². The van der Waals surface area contributed by atoms with E-state index in [-0.39, 0.29) is 0 Å². The van der Waals surface area contributed by atoms with E-state index in [0.29, 0.717) is 19.1 Å². The fraction of sp³-hybridized carbons (Fsp3) is 0.455. The Morgan fingerprint density at radius 3 is 3.00 bits per heavy atom. The Balaban J connectivity index is 2.13. The van der Waals surface area contributed by atoms with Crippen molar-refractivity contribution in [3.8, 4) is 6.01 Å². The van der Waals surface area contributed by atoms with Crippen molar-refractivity contribution >= 4 is 0 Å². The number of aromatic nitrogens is 3. The van der Waals surface area contributed by atoms with Gasteiger partial charge in [-0.1, -0.05) is 0 Å². The number of aliphatic hydroxyl groups excluding tert-OH is 1. The summed E-state index contributed by atoms with van der Waals surface area (Å²) in [6.45, 7) is 4.98. The maximum Gasteiger partial charge on any atom is 0.323 e. The van der Waals surface area contributed by atoms with Crippen molar-refractivity contribution in [1.82, 2.24) is 20.1 Å². The van der Waals surface area contributed by atoms with E-state index in [2.05, 4.69) is 15.4 Å². The molecule has 0 saturated carbocycles. The molecular weight excluding hydrogens is 220 g/mol. The van der Waals surface area contributed by atoms with Crippen molar-refractivity contribution in [2.24, 2.45) is 0 Å². The molecule has 2 aromatic rings. The number of hydrogen-bond acceptors (Lipinski definition) is 5. The number of hydrogen-bond donors (Lipinski definition) is 2. The predicted octanol–water partition coefficient (Wildman–Crippen LogP) is 0.614. The van der Waals surface area contributed by atoms with Crippen LogP contribution in [0.1, 0.15) is 28.8 Å².